The van der Waals surface area contributed by atoms with Gasteiger partial charge in [-0.25, -0.2) is 0 Å². The molecule has 0 atom stereocenters. The highest BCUT2D eigenvalue weighted by Crippen LogP contribution is 2.26. The Balaban J connectivity index is 2.69. The molecule has 0 amide bonds. The first-order chi connectivity index (χ1) is 10.3. The SMILES string of the molecule is CCCC[Si](CCCC)(CCCC)NCc1ccccc1. The molecular formula is C19H35NSi. The average molecular weight is 306 g/mol. The lowest BCUT2D eigenvalue weighted by Gasteiger charge is -2.33. The van der Waals surface area contributed by atoms with Crippen molar-refractivity contribution in [3.8, 4) is 0 Å². The molecule has 0 aromatic heterocycles. The van der Waals surface area contributed by atoms with Crippen molar-refractivity contribution in [3.63, 3.8) is 0 Å². The van der Waals surface area contributed by atoms with Crippen molar-refractivity contribution in [1.82, 2.24) is 4.98 Å². The summed E-state index contributed by atoms with van der Waals surface area (Å²) in [7, 11) is -1.29. The predicted molar refractivity (Wildman–Crippen MR) is 98.2 cm³/mol. The van der Waals surface area contributed by atoms with Crippen LogP contribution in [-0.4, -0.2) is 8.24 Å². The fraction of sp³-hybridized carbons (Fsp3) is 0.684. The van der Waals surface area contributed by atoms with Gasteiger partial charge in [-0.05, 0) is 23.7 Å². The van der Waals surface area contributed by atoms with Gasteiger partial charge in [0.05, 0.1) is 0 Å². The fourth-order valence-corrected chi connectivity index (χ4v) is 8.02. The lowest BCUT2D eigenvalue weighted by molar-refractivity contribution is 0.744. The van der Waals surface area contributed by atoms with Gasteiger partial charge in [-0.1, -0.05) is 89.6 Å². The van der Waals surface area contributed by atoms with Gasteiger partial charge in [-0.2, -0.15) is 0 Å². The van der Waals surface area contributed by atoms with Crippen LogP contribution in [0.2, 0.25) is 18.1 Å². The molecule has 1 rings (SSSR count). The molecule has 0 radical (unpaired) electrons. The van der Waals surface area contributed by atoms with Crippen molar-refractivity contribution in [2.75, 3.05) is 0 Å². The van der Waals surface area contributed by atoms with Crippen molar-refractivity contribution < 1.29 is 0 Å². The Morgan fingerprint density at radius 1 is 0.762 bits per heavy atom. The van der Waals surface area contributed by atoms with Crippen molar-refractivity contribution in [2.24, 2.45) is 0 Å². The molecule has 1 aromatic rings. The molecule has 0 bridgehead atoms. The molecule has 0 spiro atoms. The molecule has 0 aliphatic heterocycles. The van der Waals surface area contributed by atoms with E-state index < -0.39 is 8.24 Å². The third kappa shape index (κ3) is 7.28. The summed E-state index contributed by atoms with van der Waals surface area (Å²) in [5.74, 6) is 0. The second-order valence-corrected chi connectivity index (χ2v) is 10.8. The topological polar surface area (TPSA) is 12.0 Å². The summed E-state index contributed by atoms with van der Waals surface area (Å²) in [6.07, 6.45) is 8.21. The standard InChI is InChI=1S/C19H35NSi/c1-4-7-15-21(16-8-5-2,17-9-6-3)20-18-19-13-11-10-12-14-19/h10-14,20H,4-9,15-18H2,1-3H3. The summed E-state index contributed by atoms with van der Waals surface area (Å²) in [6.45, 7) is 8.06. The minimum Gasteiger partial charge on any atom is -0.333 e. The molecule has 1 nitrogen and oxygen atoms in total. The molecule has 0 heterocycles. The smallest absolute Gasteiger partial charge is 0.125 e. The van der Waals surface area contributed by atoms with E-state index in [0.29, 0.717) is 0 Å². The molecule has 0 unspecified atom stereocenters. The van der Waals surface area contributed by atoms with E-state index in [1.54, 1.807) is 0 Å². The Morgan fingerprint density at radius 2 is 1.24 bits per heavy atom. The molecular weight excluding hydrogens is 270 g/mol. The predicted octanol–water partition coefficient (Wildman–Crippen LogP) is 6.12. The first kappa shape index (κ1) is 18.4. The maximum atomic E-state index is 4.09. The van der Waals surface area contributed by atoms with Crippen LogP contribution in [0.4, 0.5) is 0 Å². The Bertz CT molecular complexity index is 328. The van der Waals surface area contributed by atoms with Crippen LogP contribution in [0.3, 0.4) is 0 Å². The molecule has 0 saturated carbocycles. The Labute approximate surface area is 133 Å². The van der Waals surface area contributed by atoms with Crippen molar-refractivity contribution in [1.29, 1.82) is 0 Å². The third-order valence-corrected chi connectivity index (χ3v) is 9.40. The Kier molecular flexibility index (Phi) is 9.69. The summed E-state index contributed by atoms with van der Waals surface area (Å²) in [4.78, 5) is 4.09. The van der Waals surface area contributed by atoms with E-state index in [0.717, 1.165) is 6.54 Å². The molecule has 1 N–H and O–H groups in total. The number of hydrogen-bond donors (Lipinski definition) is 1. The van der Waals surface area contributed by atoms with Crippen LogP contribution >= 0.6 is 0 Å². The summed E-state index contributed by atoms with van der Waals surface area (Å²) in [6, 6.07) is 15.3. The van der Waals surface area contributed by atoms with Crippen LogP contribution in [0, 0.1) is 0 Å². The van der Waals surface area contributed by atoms with Crippen LogP contribution in [0.25, 0.3) is 0 Å². The number of hydrogen-bond acceptors (Lipinski definition) is 1. The summed E-state index contributed by atoms with van der Waals surface area (Å²) in [5, 5.41) is 0. The largest absolute Gasteiger partial charge is 0.333 e. The van der Waals surface area contributed by atoms with E-state index in [-0.39, 0.29) is 0 Å². The van der Waals surface area contributed by atoms with E-state index in [1.165, 1.54) is 62.2 Å². The number of nitrogens with one attached hydrogen (secondary N) is 1. The average Bonchev–Trinajstić information content (AvgIpc) is 2.54. The van der Waals surface area contributed by atoms with Gasteiger partial charge in [-0.3, -0.25) is 0 Å². The first-order valence-corrected chi connectivity index (χ1v) is 11.7. The second kappa shape index (κ2) is 11.0. The molecule has 0 aliphatic rings. The summed E-state index contributed by atoms with van der Waals surface area (Å²) in [5.41, 5.74) is 1.44. The van der Waals surface area contributed by atoms with Crippen molar-refractivity contribution in [2.45, 2.75) is 84.0 Å². The normalized spacial score (nSPS) is 11.8. The van der Waals surface area contributed by atoms with Gasteiger partial charge < -0.3 is 4.98 Å². The Morgan fingerprint density at radius 3 is 1.67 bits per heavy atom. The zero-order valence-electron chi connectivity index (χ0n) is 14.5. The van der Waals surface area contributed by atoms with Crippen LogP contribution < -0.4 is 4.98 Å². The van der Waals surface area contributed by atoms with E-state index >= 15 is 0 Å². The summed E-state index contributed by atoms with van der Waals surface area (Å²) >= 11 is 0. The van der Waals surface area contributed by atoms with Gasteiger partial charge in [0.2, 0.25) is 0 Å². The molecule has 120 valence electrons. The molecule has 0 saturated heterocycles. The number of unbranched alkanes of at least 4 members (excludes halogenated alkanes) is 3. The highest BCUT2D eigenvalue weighted by molar-refractivity contribution is 6.77. The van der Waals surface area contributed by atoms with Gasteiger partial charge in [0.1, 0.15) is 8.24 Å². The monoisotopic (exact) mass is 305 g/mol. The van der Waals surface area contributed by atoms with E-state index in [2.05, 4.69) is 56.1 Å². The lowest BCUT2D eigenvalue weighted by Crippen LogP contribution is -2.49. The quantitative estimate of drug-likeness (QED) is 0.458. The minimum absolute atomic E-state index is 1.07. The van der Waals surface area contributed by atoms with E-state index in [1.807, 2.05) is 0 Å². The van der Waals surface area contributed by atoms with Crippen LogP contribution in [0.1, 0.15) is 64.9 Å². The van der Waals surface area contributed by atoms with Crippen LogP contribution in [0.15, 0.2) is 30.3 Å². The maximum absolute atomic E-state index is 4.09. The first-order valence-electron chi connectivity index (χ1n) is 9.05. The number of rotatable bonds is 12. The minimum atomic E-state index is -1.29. The molecule has 0 aliphatic carbocycles. The molecule has 1 aromatic carbocycles. The van der Waals surface area contributed by atoms with Crippen LogP contribution in [0.5, 0.6) is 0 Å². The fourth-order valence-electron chi connectivity index (χ4n) is 3.07. The second-order valence-electron chi connectivity index (χ2n) is 6.43. The number of benzene rings is 1. The molecule has 2 heteroatoms. The van der Waals surface area contributed by atoms with Gasteiger partial charge in [0, 0.05) is 6.54 Å². The maximum Gasteiger partial charge on any atom is 0.125 e. The van der Waals surface area contributed by atoms with Crippen molar-refractivity contribution in [3.05, 3.63) is 35.9 Å². The van der Waals surface area contributed by atoms with E-state index in [4.69, 9.17) is 0 Å². The highest BCUT2D eigenvalue weighted by Gasteiger charge is 2.30. The zero-order valence-corrected chi connectivity index (χ0v) is 15.5. The molecule has 21 heavy (non-hydrogen) atoms. The Hall–Kier alpha value is -0.603. The molecule has 0 fully saturated rings. The third-order valence-electron chi connectivity index (χ3n) is 4.54. The van der Waals surface area contributed by atoms with Crippen LogP contribution in [-0.2, 0) is 6.54 Å². The zero-order chi connectivity index (χ0) is 15.4. The lowest BCUT2D eigenvalue weighted by atomic mass is 10.2. The van der Waals surface area contributed by atoms with Gasteiger partial charge in [0.25, 0.3) is 0 Å². The summed E-state index contributed by atoms with van der Waals surface area (Å²) < 4.78 is 0. The van der Waals surface area contributed by atoms with E-state index in [9.17, 15) is 0 Å². The van der Waals surface area contributed by atoms with Gasteiger partial charge in [-0.15, -0.1) is 0 Å². The van der Waals surface area contributed by atoms with Crippen molar-refractivity contribution >= 4 is 8.24 Å². The highest BCUT2D eigenvalue weighted by atomic mass is 28.3. The van der Waals surface area contributed by atoms with Gasteiger partial charge >= 0.3 is 0 Å². The van der Waals surface area contributed by atoms with Gasteiger partial charge in [0.15, 0.2) is 0 Å².